The van der Waals surface area contributed by atoms with E-state index in [0.29, 0.717) is 17.3 Å². The Hall–Kier alpha value is -2.91. The molecule has 0 atom stereocenters. The molecule has 0 spiro atoms. The summed E-state index contributed by atoms with van der Waals surface area (Å²) in [5.74, 6) is -0.0960. The fourth-order valence-electron chi connectivity index (χ4n) is 2.95. The Morgan fingerprint density at radius 3 is 2.28 bits per heavy atom. The van der Waals surface area contributed by atoms with Gasteiger partial charge in [-0.2, -0.15) is 0 Å². The van der Waals surface area contributed by atoms with Crippen LogP contribution < -0.4 is 4.90 Å². The highest BCUT2D eigenvalue weighted by Gasteiger charge is 2.34. The van der Waals surface area contributed by atoms with Crippen molar-refractivity contribution in [1.29, 1.82) is 0 Å². The number of rotatable bonds is 3. The average Bonchev–Trinajstić information content (AvgIpc) is 2.93. The van der Waals surface area contributed by atoms with Gasteiger partial charge >= 0.3 is 0 Å². The Morgan fingerprint density at radius 1 is 0.840 bits per heavy atom. The highest BCUT2D eigenvalue weighted by molar-refractivity contribution is 6.55. The number of hydrogen-bond donors (Lipinski definition) is 0. The Kier molecular flexibility index (Phi) is 4.08. The smallest absolute Gasteiger partial charge is 0.275 e. The van der Waals surface area contributed by atoms with E-state index in [1.54, 1.807) is 4.90 Å². The molecule has 4 heteroatoms. The van der Waals surface area contributed by atoms with Crippen LogP contribution in [0.1, 0.15) is 11.1 Å². The lowest BCUT2D eigenvalue weighted by molar-refractivity contribution is -0.111. The van der Waals surface area contributed by atoms with Crippen LogP contribution in [0.5, 0.6) is 0 Å². The minimum absolute atomic E-state index is 0.0960. The zero-order chi connectivity index (χ0) is 17.2. The van der Waals surface area contributed by atoms with E-state index in [9.17, 15) is 4.79 Å². The van der Waals surface area contributed by atoms with E-state index in [4.69, 9.17) is 11.6 Å². The van der Waals surface area contributed by atoms with Crippen LogP contribution >= 0.6 is 11.6 Å². The number of hydrogen-bond acceptors (Lipinski definition) is 2. The number of fused-ring (bicyclic) bond motifs is 1. The molecule has 3 aromatic carbocycles. The summed E-state index contributed by atoms with van der Waals surface area (Å²) in [4.78, 5) is 19.3. The van der Waals surface area contributed by atoms with Crippen molar-refractivity contribution in [3.8, 4) is 0 Å². The predicted octanol–water partition coefficient (Wildman–Crippen LogP) is 5.01. The largest absolute Gasteiger partial charge is 0.281 e. The Balaban J connectivity index is 1.73. The molecule has 4 rings (SSSR count). The molecule has 0 aliphatic carbocycles. The molecular weight excluding hydrogens is 332 g/mol. The second-order valence-electron chi connectivity index (χ2n) is 5.78. The second kappa shape index (κ2) is 6.54. The molecule has 0 unspecified atom stereocenters. The standard InChI is InChI=1S/C21H15ClN2O/c22-16-12-10-15(11-13-16)14-23-20-18-8-4-5-9-19(18)24(21(20)25)17-6-2-1-3-7-17/h1-13H,14H2. The Morgan fingerprint density at radius 2 is 1.52 bits per heavy atom. The van der Waals surface area contributed by atoms with Gasteiger partial charge in [-0.15, -0.1) is 0 Å². The van der Waals surface area contributed by atoms with Gasteiger partial charge in [-0.25, -0.2) is 0 Å². The maximum Gasteiger partial charge on any atom is 0.281 e. The summed E-state index contributed by atoms with van der Waals surface area (Å²) in [5.41, 5.74) is 4.09. The van der Waals surface area contributed by atoms with Crippen LogP contribution in [-0.4, -0.2) is 11.6 Å². The third kappa shape index (κ3) is 2.94. The van der Waals surface area contributed by atoms with Crippen molar-refractivity contribution in [2.45, 2.75) is 6.54 Å². The van der Waals surface area contributed by atoms with Gasteiger partial charge in [0, 0.05) is 16.3 Å². The first kappa shape index (κ1) is 15.6. The van der Waals surface area contributed by atoms with Crippen molar-refractivity contribution in [3.63, 3.8) is 0 Å². The summed E-state index contributed by atoms with van der Waals surface area (Å²) in [6, 6.07) is 24.9. The van der Waals surface area contributed by atoms with Crippen LogP contribution in [0.15, 0.2) is 83.9 Å². The monoisotopic (exact) mass is 346 g/mol. The number of para-hydroxylation sites is 2. The van der Waals surface area contributed by atoms with Crippen LogP contribution in [-0.2, 0) is 11.3 Å². The van der Waals surface area contributed by atoms with Crippen molar-refractivity contribution < 1.29 is 4.79 Å². The maximum absolute atomic E-state index is 13.0. The molecule has 0 N–H and O–H groups in total. The van der Waals surface area contributed by atoms with Gasteiger partial charge in [0.2, 0.25) is 0 Å². The Bertz CT molecular complexity index is 949. The van der Waals surface area contributed by atoms with Gasteiger partial charge in [0.25, 0.3) is 5.91 Å². The SMILES string of the molecule is O=C1C(=NCc2ccc(Cl)cc2)c2ccccc2N1c1ccccc1. The zero-order valence-corrected chi connectivity index (χ0v) is 14.1. The summed E-state index contributed by atoms with van der Waals surface area (Å²) in [6.45, 7) is 0.440. The quantitative estimate of drug-likeness (QED) is 0.656. The molecule has 3 nitrogen and oxygen atoms in total. The molecule has 1 aliphatic heterocycles. The minimum Gasteiger partial charge on any atom is -0.275 e. The first-order valence-electron chi connectivity index (χ1n) is 8.02. The molecule has 3 aromatic rings. The van der Waals surface area contributed by atoms with Crippen molar-refractivity contribution in [3.05, 3.63) is 95.0 Å². The molecule has 25 heavy (non-hydrogen) atoms. The summed E-state index contributed by atoms with van der Waals surface area (Å²) >= 11 is 5.92. The second-order valence-corrected chi connectivity index (χ2v) is 6.22. The number of anilines is 2. The number of amides is 1. The zero-order valence-electron chi connectivity index (χ0n) is 13.4. The number of carbonyl (C=O) groups is 1. The van der Waals surface area contributed by atoms with Crippen molar-refractivity contribution >= 4 is 34.6 Å². The Labute approximate surface area is 151 Å². The number of carbonyl (C=O) groups excluding carboxylic acids is 1. The molecule has 0 bridgehead atoms. The van der Waals surface area contributed by atoms with E-state index in [0.717, 1.165) is 22.5 Å². The minimum atomic E-state index is -0.0960. The van der Waals surface area contributed by atoms with Crippen LogP contribution in [0, 0.1) is 0 Å². The van der Waals surface area contributed by atoms with E-state index >= 15 is 0 Å². The lowest BCUT2D eigenvalue weighted by Gasteiger charge is -2.16. The van der Waals surface area contributed by atoms with Gasteiger partial charge in [0.15, 0.2) is 0 Å². The number of benzene rings is 3. The third-order valence-corrected chi connectivity index (χ3v) is 4.41. The summed E-state index contributed by atoms with van der Waals surface area (Å²) < 4.78 is 0. The van der Waals surface area contributed by atoms with E-state index in [2.05, 4.69) is 4.99 Å². The van der Waals surface area contributed by atoms with Gasteiger partial charge in [0.1, 0.15) is 5.71 Å². The van der Waals surface area contributed by atoms with Crippen LogP contribution in [0.25, 0.3) is 0 Å². The lowest BCUT2D eigenvalue weighted by atomic mass is 10.1. The van der Waals surface area contributed by atoms with E-state index in [1.807, 2.05) is 78.9 Å². The van der Waals surface area contributed by atoms with Crippen molar-refractivity contribution in [2.24, 2.45) is 4.99 Å². The summed E-state index contributed by atoms with van der Waals surface area (Å²) in [5, 5.41) is 0.689. The predicted molar refractivity (Wildman–Crippen MR) is 102 cm³/mol. The maximum atomic E-state index is 13.0. The van der Waals surface area contributed by atoms with Crippen LogP contribution in [0.3, 0.4) is 0 Å². The van der Waals surface area contributed by atoms with Gasteiger partial charge in [-0.3, -0.25) is 14.7 Å². The molecular formula is C21H15ClN2O. The molecule has 1 amide bonds. The molecule has 122 valence electrons. The van der Waals surface area contributed by atoms with E-state index < -0.39 is 0 Å². The number of halogens is 1. The summed E-state index contributed by atoms with van der Waals surface area (Å²) in [6.07, 6.45) is 0. The van der Waals surface area contributed by atoms with Gasteiger partial charge in [-0.05, 0) is 35.9 Å². The van der Waals surface area contributed by atoms with Crippen molar-refractivity contribution in [1.82, 2.24) is 0 Å². The van der Waals surface area contributed by atoms with E-state index in [-0.39, 0.29) is 5.91 Å². The fourth-order valence-corrected chi connectivity index (χ4v) is 3.07. The average molecular weight is 347 g/mol. The van der Waals surface area contributed by atoms with Crippen LogP contribution in [0.4, 0.5) is 11.4 Å². The highest BCUT2D eigenvalue weighted by atomic mass is 35.5. The lowest BCUT2D eigenvalue weighted by Crippen LogP contribution is -2.25. The molecule has 0 radical (unpaired) electrons. The third-order valence-electron chi connectivity index (χ3n) is 4.15. The van der Waals surface area contributed by atoms with Gasteiger partial charge in [-0.1, -0.05) is 60.1 Å². The van der Waals surface area contributed by atoms with Gasteiger partial charge < -0.3 is 0 Å². The van der Waals surface area contributed by atoms with Gasteiger partial charge in [0.05, 0.1) is 12.2 Å². The normalized spacial score (nSPS) is 14.8. The number of nitrogens with zero attached hydrogens (tertiary/aromatic N) is 2. The first-order chi connectivity index (χ1) is 12.2. The summed E-state index contributed by atoms with van der Waals surface area (Å²) in [7, 11) is 0. The molecule has 0 aromatic heterocycles. The van der Waals surface area contributed by atoms with Crippen molar-refractivity contribution in [2.75, 3.05) is 4.90 Å². The van der Waals surface area contributed by atoms with E-state index in [1.165, 1.54) is 0 Å². The molecule has 0 saturated carbocycles. The topological polar surface area (TPSA) is 32.7 Å². The first-order valence-corrected chi connectivity index (χ1v) is 8.39. The molecule has 0 fully saturated rings. The highest BCUT2D eigenvalue weighted by Crippen LogP contribution is 2.35. The fraction of sp³-hybridized carbons (Fsp3) is 0.0476. The molecule has 0 saturated heterocycles. The molecule has 1 heterocycles. The number of aliphatic imine (C=N–C) groups is 1. The van der Waals surface area contributed by atoms with Crippen LogP contribution in [0.2, 0.25) is 5.02 Å². The molecule has 1 aliphatic rings.